The van der Waals surface area contributed by atoms with Crippen LogP contribution in [0.5, 0.6) is 0 Å². The molecule has 3 heterocycles. The fourth-order valence-electron chi connectivity index (χ4n) is 2.69. The summed E-state index contributed by atoms with van der Waals surface area (Å²) in [5.41, 5.74) is 0. The predicted octanol–water partition coefficient (Wildman–Crippen LogP) is 1.10. The van der Waals surface area contributed by atoms with Gasteiger partial charge < -0.3 is 10.2 Å². The van der Waals surface area contributed by atoms with Crippen LogP contribution < -0.4 is 5.32 Å². The van der Waals surface area contributed by atoms with Crippen LogP contribution in [0.2, 0.25) is 0 Å². The van der Waals surface area contributed by atoms with Crippen molar-refractivity contribution in [2.45, 2.75) is 12.8 Å². The Hall–Kier alpha value is -0.340. The number of fused-ring (bicyclic) bond motifs is 3. The molecule has 2 nitrogen and oxygen atoms in total. The Morgan fingerprint density at radius 3 is 2.69 bits per heavy atom. The topological polar surface area (TPSA) is 15.3 Å². The second-order valence-electron chi connectivity index (χ2n) is 4.35. The zero-order valence-electron chi connectivity index (χ0n) is 8.34. The van der Waals surface area contributed by atoms with E-state index in [4.69, 9.17) is 0 Å². The van der Waals surface area contributed by atoms with Crippen LogP contribution in [0.3, 0.4) is 0 Å². The normalized spacial score (nSPS) is 37.7. The number of nitrogens with zero attached hydrogens (tertiary/aromatic N) is 1. The molecule has 0 aromatic carbocycles. The maximum Gasteiger partial charge on any atom is 0.0132 e. The molecule has 0 amide bonds. The summed E-state index contributed by atoms with van der Waals surface area (Å²) in [6, 6.07) is 0. The minimum absolute atomic E-state index is 0.905. The highest BCUT2D eigenvalue weighted by Gasteiger charge is 2.33. The zero-order valence-corrected chi connectivity index (χ0v) is 8.34. The van der Waals surface area contributed by atoms with Crippen LogP contribution in [0, 0.1) is 11.8 Å². The summed E-state index contributed by atoms with van der Waals surface area (Å²) in [4.78, 5) is 2.61. The van der Waals surface area contributed by atoms with Gasteiger partial charge in [-0.05, 0) is 44.3 Å². The lowest BCUT2D eigenvalue weighted by Gasteiger charge is -2.44. The van der Waals surface area contributed by atoms with Gasteiger partial charge in [0.05, 0.1) is 0 Å². The van der Waals surface area contributed by atoms with Crippen LogP contribution in [-0.2, 0) is 0 Å². The third-order valence-electron chi connectivity index (χ3n) is 3.49. The molecule has 0 aliphatic carbocycles. The third-order valence-corrected chi connectivity index (χ3v) is 3.49. The van der Waals surface area contributed by atoms with Gasteiger partial charge >= 0.3 is 0 Å². The van der Waals surface area contributed by atoms with Gasteiger partial charge in [-0.3, -0.25) is 0 Å². The molecule has 0 aromatic rings. The number of nitrogens with one attached hydrogen (secondary N) is 1. The first-order valence-corrected chi connectivity index (χ1v) is 5.44. The molecule has 3 fully saturated rings. The van der Waals surface area contributed by atoms with Crippen molar-refractivity contribution in [1.29, 1.82) is 0 Å². The Kier molecular flexibility index (Phi) is 3.01. The van der Waals surface area contributed by atoms with Crippen LogP contribution in [0.15, 0.2) is 12.7 Å². The predicted molar refractivity (Wildman–Crippen MR) is 55.7 cm³/mol. The van der Waals surface area contributed by atoms with Crippen molar-refractivity contribution in [3.05, 3.63) is 12.7 Å². The Morgan fingerprint density at radius 1 is 1.38 bits per heavy atom. The molecular formula is C11H20N2. The van der Waals surface area contributed by atoms with E-state index in [1.807, 2.05) is 6.08 Å². The first-order chi connectivity index (χ1) is 6.40. The zero-order chi connectivity index (χ0) is 9.10. The summed E-state index contributed by atoms with van der Waals surface area (Å²) in [6.45, 7) is 9.90. The fourth-order valence-corrected chi connectivity index (χ4v) is 2.69. The van der Waals surface area contributed by atoms with Gasteiger partial charge in [0, 0.05) is 13.1 Å². The summed E-state index contributed by atoms with van der Waals surface area (Å²) in [5.74, 6) is 1.91. The standard InChI is InChI=1S/C11H20N2/c1-2-5-12-8-11-9-13-6-3-10(11)4-7-13/h2,10-12H,1,3-9H2. The van der Waals surface area contributed by atoms with E-state index in [1.165, 1.54) is 39.0 Å². The van der Waals surface area contributed by atoms with Crippen LogP contribution in [0.1, 0.15) is 12.8 Å². The average molecular weight is 180 g/mol. The highest BCUT2D eigenvalue weighted by Crippen LogP contribution is 2.31. The molecule has 2 bridgehead atoms. The monoisotopic (exact) mass is 180 g/mol. The SMILES string of the molecule is C=CCNCC1CN2CCC1CC2. The van der Waals surface area contributed by atoms with Gasteiger partial charge in [0.15, 0.2) is 0 Å². The van der Waals surface area contributed by atoms with Gasteiger partial charge in [0.1, 0.15) is 0 Å². The Morgan fingerprint density at radius 2 is 2.15 bits per heavy atom. The van der Waals surface area contributed by atoms with E-state index in [9.17, 15) is 0 Å². The van der Waals surface area contributed by atoms with Crippen molar-refractivity contribution in [1.82, 2.24) is 10.2 Å². The van der Waals surface area contributed by atoms with E-state index >= 15 is 0 Å². The summed E-state index contributed by atoms with van der Waals surface area (Å²) in [5, 5.41) is 3.44. The molecule has 13 heavy (non-hydrogen) atoms. The summed E-state index contributed by atoms with van der Waals surface area (Å²) >= 11 is 0. The van der Waals surface area contributed by atoms with Crippen LogP contribution in [0.4, 0.5) is 0 Å². The van der Waals surface area contributed by atoms with Gasteiger partial charge in [-0.2, -0.15) is 0 Å². The molecule has 1 N–H and O–H groups in total. The summed E-state index contributed by atoms with van der Waals surface area (Å²) in [7, 11) is 0. The third kappa shape index (κ3) is 2.12. The molecule has 74 valence electrons. The van der Waals surface area contributed by atoms with Crippen molar-refractivity contribution in [2.24, 2.45) is 11.8 Å². The van der Waals surface area contributed by atoms with E-state index in [2.05, 4.69) is 16.8 Å². The molecule has 3 aliphatic heterocycles. The second kappa shape index (κ2) is 4.25. The smallest absolute Gasteiger partial charge is 0.0132 e. The van der Waals surface area contributed by atoms with Gasteiger partial charge in [0.25, 0.3) is 0 Å². The van der Waals surface area contributed by atoms with E-state index < -0.39 is 0 Å². The van der Waals surface area contributed by atoms with E-state index in [0.717, 1.165) is 18.4 Å². The molecule has 0 saturated carbocycles. The van der Waals surface area contributed by atoms with E-state index in [1.54, 1.807) is 0 Å². The maximum atomic E-state index is 3.72. The van der Waals surface area contributed by atoms with Gasteiger partial charge in [-0.25, -0.2) is 0 Å². The summed E-state index contributed by atoms with van der Waals surface area (Å²) < 4.78 is 0. The largest absolute Gasteiger partial charge is 0.313 e. The lowest BCUT2D eigenvalue weighted by molar-refractivity contribution is 0.0515. The molecular weight excluding hydrogens is 160 g/mol. The molecule has 0 radical (unpaired) electrons. The highest BCUT2D eigenvalue weighted by molar-refractivity contribution is 4.87. The molecule has 0 aromatic heterocycles. The van der Waals surface area contributed by atoms with Crippen LogP contribution >= 0.6 is 0 Å². The van der Waals surface area contributed by atoms with Gasteiger partial charge in [-0.1, -0.05) is 6.08 Å². The molecule has 1 atom stereocenters. The van der Waals surface area contributed by atoms with Crippen molar-refractivity contribution in [3.8, 4) is 0 Å². The quantitative estimate of drug-likeness (QED) is 0.515. The van der Waals surface area contributed by atoms with Crippen LogP contribution in [0.25, 0.3) is 0 Å². The lowest BCUT2D eigenvalue weighted by atomic mass is 9.79. The minimum Gasteiger partial charge on any atom is -0.313 e. The van der Waals surface area contributed by atoms with Gasteiger partial charge in [-0.15, -0.1) is 6.58 Å². The minimum atomic E-state index is 0.905. The maximum absolute atomic E-state index is 3.72. The van der Waals surface area contributed by atoms with Crippen molar-refractivity contribution >= 4 is 0 Å². The molecule has 3 rings (SSSR count). The summed E-state index contributed by atoms with van der Waals surface area (Å²) in [6.07, 6.45) is 4.81. The van der Waals surface area contributed by atoms with Crippen molar-refractivity contribution in [2.75, 3.05) is 32.7 Å². The fraction of sp³-hybridized carbons (Fsp3) is 0.818. The lowest BCUT2D eigenvalue weighted by Crippen LogP contribution is -2.50. The van der Waals surface area contributed by atoms with E-state index in [0.29, 0.717) is 0 Å². The number of hydrogen-bond acceptors (Lipinski definition) is 2. The Bertz CT molecular complexity index is 171. The van der Waals surface area contributed by atoms with Crippen LogP contribution in [-0.4, -0.2) is 37.6 Å². The molecule has 1 unspecified atom stereocenters. The highest BCUT2D eigenvalue weighted by atomic mass is 15.2. The number of hydrogen-bond donors (Lipinski definition) is 1. The van der Waals surface area contributed by atoms with Gasteiger partial charge in [0.2, 0.25) is 0 Å². The molecule has 2 heteroatoms. The first kappa shape index (κ1) is 9.22. The second-order valence-corrected chi connectivity index (χ2v) is 4.35. The first-order valence-electron chi connectivity index (χ1n) is 5.44. The molecule has 3 saturated heterocycles. The van der Waals surface area contributed by atoms with Crippen molar-refractivity contribution < 1.29 is 0 Å². The average Bonchev–Trinajstić information content (AvgIpc) is 2.20. The molecule has 0 spiro atoms. The number of rotatable bonds is 4. The molecule has 3 aliphatic rings. The Balaban J connectivity index is 1.76. The van der Waals surface area contributed by atoms with E-state index in [-0.39, 0.29) is 0 Å². The number of piperidine rings is 3. The van der Waals surface area contributed by atoms with Crippen molar-refractivity contribution in [3.63, 3.8) is 0 Å². The Labute approximate surface area is 81.0 Å².